The quantitative estimate of drug-likeness (QED) is 0.0520. The molecule has 2 aromatic heterocycles. The monoisotopic (exact) mass is 773 g/mol. The van der Waals surface area contributed by atoms with Crippen LogP contribution in [0, 0.1) is 0 Å². The number of likely N-dealkylation sites (N-methyl/N-ethyl adjacent to an activating group) is 2. The number of esters is 2. The minimum atomic E-state index is -0.664. The fraction of sp³-hybridized carbons (Fsp3) is 0.381. The standard InChI is InChI=1S/C42H51N3O5S3/c1-6-43(4)21-17-31-26-52-37-15-9-12-34(41(31)37)50-39(48)20-23-44(5)22-18-32-27-53(38-16-10-13-35(42(32)38)49-29(3)46)28-45(7-2)24-19-30-25-51-36-14-8-11-33(47)40(30)36/h8-16,25-27,47,53H,6-7,17-24,28H2,1-5H3. The summed E-state index contributed by atoms with van der Waals surface area (Å²) in [5.41, 5.74) is 4.64. The number of thiophene rings is 2. The third-order valence-electron chi connectivity index (χ3n) is 9.97. The lowest BCUT2D eigenvalue weighted by Crippen LogP contribution is -2.26. The van der Waals surface area contributed by atoms with Crippen LogP contribution in [0.25, 0.3) is 25.7 Å². The van der Waals surface area contributed by atoms with E-state index in [0.29, 0.717) is 23.8 Å². The Hall–Kier alpha value is -3.71. The Balaban J connectivity index is 1.08. The van der Waals surface area contributed by atoms with Crippen LogP contribution >= 0.6 is 33.6 Å². The molecule has 8 nitrogen and oxygen atoms in total. The lowest BCUT2D eigenvalue weighted by molar-refractivity contribution is -0.134. The van der Waals surface area contributed by atoms with E-state index in [9.17, 15) is 14.7 Å². The summed E-state index contributed by atoms with van der Waals surface area (Å²) in [5.74, 6) is 1.94. The number of hydrogen-bond acceptors (Lipinski definition) is 10. The predicted molar refractivity (Wildman–Crippen MR) is 223 cm³/mol. The first kappa shape index (κ1) is 39.0. The highest BCUT2D eigenvalue weighted by molar-refractivity contribution is 8.20. The summed E-state index contributed by atoms with van der Waals surface area (Å²) in [7, 11) is 3.50. The second-order valence-corrected chi connectivity index (χ2v) is 17.5. The summed E-state index contributed by atoms with van der Waals surface area (Å²) in [5, 5.41) is 19.3. The van der Waals surface area contributed by atoms with E-state index in [4.69, 9.17) is 9.47 Å². The second kappa shape index (κ2) is 18.1. The number of phenolic OH excluding ortho intramolecular Hbond substituents is 1. The molecule has 0 radical (unpaired) electrons. The van der Waals surface area contributed by atoms with Crippen LogP contribution < -0.4 is 9.47 Å². The van der Waals surface area contributed by atoms with Gasteiger partial charge in [-0.05, 0) is 116 Å². The third kappa shape index (κ3) is 9.51. The van der Waals surface area contributed by atoms with Crippen molar-refractivity contribution in [2.45, 2.75) is 51.3 Å². The number of phenols is 1. The van der Waals surface area contributed by atoms with Gasteiger partial charge in [-0.1, -0.05) is 32.0 Å². The highest BCUT2D eigenvalue weighted by Crippen LogP contribution is 2.54. The average Bonchev–Trinajstić information content (AvgIpc) is 3.87. The SMILES string of the molecule is CCN(C)CCc1csc2cccc(OC(=O)CCN(C)CCC3=C[SH](CN(CC)CCc4csc5cccc(O)c45)c4cccc(OC(C)=O)c43)c12. The van der Waals surface area contributed by atoms with Crippen molar-refractivity contribution in [2.24, 2.45) is 0 Å². The lowest BCUT2D eigenvalue weighted by Gasteiger charge is -2.26. The summed E-state index contributed by atoms with van der Waals surface area (Å²) in [6.07, 6.45) is 2.83. The van der Waals surface area contributed by atoms with Crippen LogP contribution in [0.3, 0.4) is 0 Å². The summed E-state index contributed by atoms with van der Waals surface area (Å²) in [6, 6.07) is 17.7. The number of rotatable bonds is 18. The molecule has 0 saturated heterocycles. The summed E-state index contributed by atoms with van der Waals surface area (Å²) in [4.78, 5) is 33.4. The number of nitrogens with zero attached hydrogens (tertiary/aromatic N) is 3. The van der Waals surface area contributed by atoms with E-state index in [1.165, 1.54) is 28.5 Å². The number of hydrogen-bond donors (Lipinski definition) is 2. The number of carbonyl (C=O) groups excluding carboxylic acids is 2. The van der Waals surface area contributed by atoms with Crippen LogP contribution in [0.4, 0.5) is 0 Å². The molecule has 0 saturated carbocycles. The molecule has 0 amide bonds. The first-order valence-corrected chi connectivity index (χ1v) is 21.8. The molecular weight excluding hydrogens is 723 g/mol. The zero-order valence-corrected chi connectivity index (χ0v) is 33.9. The van der Waals surface area contributed by atoms with Gasteiger partial charge in [-0.15, -0.1) is 22.7 Å². The molecule has 1 unspecified atom stereocenters. The largest absolute Gasteiger partial charge is 0.507 e. The topological polar surface area (TPSA) is 82.6 Å². The van der Waals surface area contributed by atoms with E-state index in [1.807, 2.05) is 37.4 Å². The number of aromatic hydroxyl groups is 1. The van der Waals surface area contributed by atoms with Crippen molar-refractivity contribution in [3.8, 4) is 17.2 Å². The average molecular weight is 774 g/mol. The van der Waals surface area contributed by atoms with Gasteiger partial charge in [-0.2, -0.15) is 10.9 Å². The van der Waals surface area contributed by atoms with Gasteiger partial charge >= 0.3 is 11.9 Å². The molecule has 0 aliphatic carbocycles. The number of thiol groups is 1. The summed E-state index contributed by atoms with van der Waals surface area (Å²) >= 11 is 3.38. The van der Waals surface area contributed by atoms with Crippen molar-refractivity contribution in [2.75, 3.05) is 59.2 Å². The minimum Gasteiger partial charge on any atom is -0.507 e. The highest BCUT2D eigenvalue weighted by atomic mass is 32.2. The first-order valence-electron chi connectivity index (χ1n) is 18.4. The Labute approximate surface area is 324 Å². The van der Waals surface area contributed by atoms with Crippen LogP contribution in [-0.4, -0.2) is 91.0 Å². The summed E-state index contributed by atoms with van der Waals surface area (Å²) < 4.78 is 14.0. The highest BCUT2D eigenvalue weighted by Gasteiger charge is 2.27. The molecule has 11 heteroatoms. The molecule has 1 aliphatic heterocycles. The molecule has 1 aliphatic rings. The normalized spacial score (nSPS) is 14.8. The number of fused-ring (bicyclic) bond motifs is 3. The van der Waals surface area contributed by atoms with Gasteiger partial charge in [0.05, 0.1) is 6.42 Å². The Morgan fingerprint density at radius 1 is 0.755 bits per heavy atom. The molecule has 53 heavy (non-hydrogen) atoms. The van der Waals surface area contributed by atoms with Gasteiger partial charge in [0.25, 0.3) is 0 Å². The van der Waals surface area contributed by atoms with Gasteiger partial charge in [-0.3, -0.25) is 14.5 Å². The molecule has 282 valence electrons. The minimum absolute atomic E-state index is 0.233. The molecule has 0 fully saturated rings. The summed E-state index contributed by atoms with van der Waals surface area (Å²) in [6.45, 7) is 10.9. The molecular formula is C42H51N3O5S3. The Morgan fingerprint density at radius 2 is 1.42 bits per heavy atom. The first-order chi connectivity index (χ1) is 25.6. The maximum absolute atomic E-state index is 13.1. The second-order valence-electron chi connectivity index (χ2n) is 13.7. The molecule has 3 heterocycles. The molecule has 5 aromatic rings. The third-order valence-corrected chi connectivity index (χ3v) is 14.3. The molecule has 1 atom stereocenters. The van der Waals surface area contributed by atoms with E-state index in [2.05, 4.69) is 70.0 Å². The Bertz CT molecular complexity index is 2090. The molecule has 6 rings (SSSR count). The van der Waals surface area contributed by atoms with E-state index in [1.54, 1.807) is 28.7 Å². The van der Waals surface area contributed by atoms with E-state index < -0.39 is 10.9 Å². The Morgan fingerprint density at radius 3 is 2.15 bits per heavy atom. The van der Waals surface area contributed by atoms with Crippen molar-refractivity contribution >= 4 is 71.3 Å². The van der Waals surface area contributed by atoms with Gasteiger partial charge in [0.2, 0.25) is 0 Å². The number of benzene rings is 3. The molecule has 3 aromatic carbocycles. The zero-order chi connectivity index (χ0) is 37.5. The van der Waals surface area contributed by atoms with Gasteiger partial charge in [0.15, 0.2) is 0 Å². The van der Waals surface area contributed by atoms with Crippen LogP contribution in [0.15, 0.2) is 75.7 Å². The van der Waals surface area contributed by atoms with Crippen molar-refractivity contribution in [1.29, 1.82) is 0 Å². The van der Waals surface area contributed by atoms with Gasteiger partial charge in [0, 0.05) is 69.6 Å². The van der Waals surface area contributed by atoms with Crippen LogP contribution in [0.2, 0.25) is 0 Å². The maximum atomic E-state index is 13.1. The van der Waals surface area contributed by atoms with Crippen LogP contribution in [0.1, 0.15) is 50.3 Å². The van der Waals surface area contributed by atoms with Crippen molar-refractivity contribution in [3.63, 3.8) is 0 Å². The number of carbonyl (C=O) groups is 2. The van der Waals surface area contributed by atoms with Gasteiger partial charge < -0.3 is 24.4 Å². The van der Waals surface area contributed by atoms with Crippen molar-refractivity contribution < 1.29 is 24.2 Å². The lowest BCUT2D eigenvalue weighted by atomic mass is 10.0. The fourth-order valence-electron chi connectivity index (χ4n) is 6.83. The molecule has 0 spiro atoms. The number of ether oxygens (including phenoxy) is 2. The van der Waals surface area contributed by atoms with Crippen LogP contribution in [-0.2, 0) is 22.4 Å². The van der Waals surface area contributed by atoms with E-state index >= 15 is 0 Å². The zero-order valence-electron chi connectivity index (χ0n) is 31.4. The smallest absolute Gasteiger partial charge is 0.312 e. The van der Waals surface area contributed by atoms with Crippen molar-refractivity contribution in [3.05, 3.63) is 87.5 Å². The van der Waals surface area contributed by atoms with Crippen molar-refractivity contribution in [1.82, 2.24) is 14.7 Å². The van der Waals surface area contributed by atoms with E-state index in [-0.39, 0.29) is 18.4 Å². The molecule has 1 N–H and O–H groups in total. The maximum Gasteiger partial charge on any atom is 0.312 e. The molecule has 0 bridgehead atoms. The predicted octanol–water partition coefficient (Wildman–Crippen LogP) is 8.80. The fourth-order valence-corrected chi connectivity index (χ4v) is 11.5. The van der Waals surface area contributed by atoms with E-state index in [0.717, 1.165) is 83.6 Å². The van der Waals surface area contributed by atoms with Gasteiger partial charge in [0.1, 0.15) is 17.2 Å². The van der Waals surface area contributed by atoms with Crippen LogP contribution in [0.5, 0.6) is 17.2 Å². The Kier molecular flexibility index (Phi) is 13.3. The van der Waals surface area contributed by atoms with Gasteiger partial charge in [-0.25, -0.2) is 0 Å².